The van der Waals surface area contributed by atoms with Crippen LogP contribution in [-0.2, 0) is 11.3 Å². The van der Waals surface area contributed by atoms with Crippen LogP contribution in [0.4, 0.5) is 0 Å². The van der Waals surface area contributed by atoms with Crippen LogP contribution in [0.3, 0.4) is 0 Å². The second-order valence-corrected chi connectivity index (χ2v) is 5.22. The second-order valence-electron chi connectivity index (χ2n) is 5.22. The summed E-state index contributed by atoms with van der Waals surface area (Å²) in [5.74, 6) is 0.0184. The van der Waals surface area contributed by atoms with Crippen molar-refractivity contribution in [2.75, 3.05) is 6.54 Å². The lowest BCUT2D eigenvalue weighted by atomic mass is 10.2. The van der Waals surface area contributed by atoms with E-state index < -0.39 is 0 Å². The third-order valence-electron chi connectivity index (χ3n) is 3.47. The van der Waals surface area contributed by atoms with Crippen LogP contribution in [0.2, 0.25) is 0 Å². The molecule has 5 nitrogen and oxygen atoms in total. The number of amides is 1. The molecule has 1 aromatic heterocycles. The van der Waals surface area contributed by atoms with E-state index in [4.69, 9.17) is 0 Å². The molecule has 1 amide bonds. The summed E-state index contributed by atoms with van der Waals surface area (Å²) >= 11 is 0. The topological polar surface area (TPSA) is 59.0 Å². The Morgan fingerprint density at radius 3 is 2.84 bits per heavy atom. The minimum absolute atomic E-state index is 0.0184. The summed E-state index contributed by atoms with van der Waals surface area (Å²) in [6, 6.07) is 0.142. The lowest BCUT2D eigenvalue weighted by Gasteiger charge is -2.11. The molecule has 1 aliphatic rings. The van der Waals surface area contributed by atoms with Gasteiger partial charge in [-0.1, -0.05) is 12.2 Å². The van der Waals surface area contributed by atoms with Gasteiger partial charge in [-0.2, -0.15) is 5.10 Å². The largest absolute Gasteiger partial charge is 0.350 e. The van der Waals surface area contributed by atoms with Crippen molar-refractivity contribution in [3.05, 3.63) is 29.1 Å². The second kappa shape index (κ2) is 5.57. The summed E-state index contributed by atoms with van der Waals surface area (Å²) < 4.78 is 2.00. The van der Waals surface area contributed by atoms with Crippen molar-refractivity contribution >= 4 is 5.91 Å². The third kappa shape index (κ3) is 2.87. The van der Waals surface area contributed by atoms with Crippen LogP contribution in [0.1, 0.15) is 36.8 Å². The van der Waals surface area contributed by atoms with E-state index in [0.717, 1.165) is 23.5 Å². The Balaban J connectivity index is 2.03. The van der Waals surface area contributed by atoms with Gasteiger partial charge in [-0.15, -0.1) is 0 Å². The number of aromatic nitrogens is 2. The van der Waals surface area contributed by atoms with Gasteiger partial charge < -0.3 is 5.32 Å². The van der Waals surface area contributed by atoms with E-state index in [9.17, 15) is 4.79 Å². The van der Waals surface area contributed by atoms with Crippen LogP contribution in [-0.4, -0.2) is 28.3 Å². The molecule has 0 spiro atoms. The number of carbonyl (C=O) groups excluding carboxylic acids is 1. The number of rotatable bonds is 4. The number of nitrogens with zero attached hydrogens (tertiary/aromatic N) is 2. The number of hydrogen-bond donors (Lipinski definition) is 2. The van der Waals surface area contributed by atoms with Crippen molar-refractivity contribution in [2.45, 2.75) is 46.3 Å². The van der Waals surface area contributed by atoms with Crippen LogP contribution in [0.5, 0.6) is 0 Å². The Morgan fingerprint density at radius 2 is 2.32 bits per heavy atom. The van der Waals surface area contributed by atoms with Gasteiger partial charge in [0.15, 0.2) is 0 Å². The summed E-state index contributed by atoms with van der Waals surface area (Å²) in [6.07, 6.45) is 3.87. The average molecular weight is 262 g/mol. The summed E-state index contributed by atoms with van der Waals surface area (Å²) in [6.45, 7) is 9.55. The lowest BCUT2D eigenvalue weighted by Crippen LogP contribution is -2.40. The van der Waals surface area contributed by atoms with Crippen molar-refractivity contribution in [3.63, 3.8) is 0 Å². The molecule has 0 fully saturated rings. The smallest absolute Gasteiger partial charge is 0.241 e. The quantitative estimate of drug-likeness (QED) is 0.802. The molecular formula is C14H22N4O. The summed E-state index contributed by atoms with van der Waals surface area (Å²) in [7, 11) is 0. The molecule has 0 saturated carbocycles. The molecule has 19 heavy (non-hydrogen) atoms. The molecule has 2 rings (SSSR count). The molecule has 0 radical (unpaired) electrons. The molecule has 2 heterocycles. The summed E-state index contributed by atoms with van der Waals surface area (Å²) in [4.78, 5) is 11.9. The zero-order valence-electron chi connectivity index (χ0n) is 12.0. The first-order valence-electron chi connectivity index (χ1n) is 6.73. The molecule has 0 aliphatic carbocycles. The molecule has 0 bridgehead atoms. The minimum atomic E-state index is -0.194. The lowest BCUT2D eigenvalue weighted by molar-refractivity contribution is -0.122. The van der Waals surface area contributed by atoms with Gasteiger partial charge in [-0.25, -0.2) is 0 Å². The van der Waals surface area contributed by atoms with E-state index in [2.05, 4.69) is 36.5 Å². The van der Waals surface area contributed by atoms with E-state index in [0.29, 0.717) is 12.6 Å². The molecular weight excluding hydrogens is 240 g/mol. The van der Waals surface area contributed by atoms with Crippen LogP contribution in [0, 0.1) is 13.8 Å². The van der Waals surface area contributed by atoms with Gasteiger partial charge in [0.1, 0.15) is 6.04 Å². The summed E-state index contributed by atoms with van der Waals surface area (Å²) in [5.41, 5.74) is 3.23. The van der Waals surface area contributed by atoms with Crippen LogP contribution in [0.15, 0.2) is 12.2 Å². The molecule has 1 unspecified atom stereocenters. The van der Waals surface area contributed by atoms with Crippen molar-refractivity contribution in [1.82, 2.24) is 20.4 Å². The minimum Gasteiger partial charge on any atom is -0.350 e. The van der Waals surface area contributed by atoms with E-state index in [-0.39, 0.29) is 11.9 Å². The molecule has 1 aliphatic heterocycles. The highest BCUT2D eigenvalue weighted by Gasteiger charge is 2.19. The molecule has 1 aromatic rings. The first-order chi connectivity index (χ1) is 9.00. The van der Waals surface area contributed by atoms with Crippen molar-refractivity contribution < 1.29 is 4.79 Å². The first-order valence-corrected chi connectivity index (χ1v) is 6.73. The van der Waals surface area contributed by atoms with E-state index in [1.54, 1.807) is 0 Å². The van der Waals surface area contributed by atoms with Gasteiger partial charge >= 0.3 is 0 Å². The fourth-order valence-corrected chi connectivity index (χ4v) is 2.39. The normalized spacial score (nSPS) is 18.3. The van der Waals surface area contributed by atoms with Gasteiger partial charge in [0.05, 0.1) is 5.69 Å². The molecule has 1 atom stereocenters. The fourth-order valence-electron chi connectivity index (χ4n) is 2.39. The van der Waals surface area contributed by atoms with Gasteiger partial charge in [0.25, 0.3) is 0 Å². The maximum atomic E-state index is 11.9. The fraction of sp³-hybridized carbons (Fsp3) is 0.571. The SMILES string of the molecule is Cc1nn(C(C)C)c(C)c1CNC(=O)C1C=CCN1. The Hall–Kier alpha value is -1.62. The zero-order valence-corrected chi connectivity index (χ0v) is 12.0. The zero-order chi connectivity index (χ0) is 14.0. The van der Waals surface area contributed by atoms with Gasteiger partial charge in [-0.05, 0) is 27.7 Å². The Bertz CT molecular complexity index is 502. The van der Waals surface area contributed by atoms with Gasteiger partial charge in [0, 0.05) is 30.4 Å². The highest BCUT2D eigenvalue weighted by molar-refractivity contribution is 5.84. The van der Waals surface area contributed by atoms with E-state index >= 15 is 0 Å². The number of aryl methyl sites for hydroxylation is 1. The van der Waals surface area contributed by atoms with Gasteiger partial charge in [-0.3, -0.25) is 14.8 Å². The average Bonchev–Trinajstić information content (AvgIpc) is 2.96. The number of carbonyl (C=O) groups is 1. The van der Waals surface area contributed by atoms with Crippen LogP contribution < -0.4 is 10.6 Å². The highest BCUT2D eigenvalue weighted by atomic mass is 16.2. The monoisotopic (exact) mass is 262 g/mol. The summed E-state index contributed by atoms with van der Waals surface area (Å²) in [5, 5.41) is 10.6. The Labute approximate surface area is 114 Å². The van der Waals surface area contributed by atoms with Crippen LogP contribution >= 0.6 is 0 Å². The van der Waals surface area contributed by atoms with Crippen molar-refractivity contribution in [3.8, 4) is 0 Å². The predicted octanol–water partition coefficient (Wildman–Crippen LogP) is 1.23. The van der Waals surface area contributed by atoms with Crippen LogP contribution in [0.25, 0.3) is 0 Å². The molecule has 2 N–H and O–H groups in total. The predicted molar refractivity (Wildman–Crippen MR) is 74.9 cm³/mol. The number of hydrogen-bond acceptors (Lipinski definition) is 3. The molecule has 5 heteroatoms. The van der Waals surface area contributed by atoms with Crippen molar-refractivity contribution in [1.29, 1.82) is 0 Å². The van der Waals surface area contributed by atoms with E-state index in [1.807, 2.05) is 23.8 Å². The van der Waals surface area contributed by atoms with E-state index in [1.165, 1.54) is 0 Å². The Morgan fingerprint density at radius 1 is 1.58 bits per heavy atom. The molecule has 0 saturated heterocycles. The molecule has 0 aromatic carbocycles. The number of nitrogens with one attached hydrogen (secondary N) is 2. The maximum Gasteiger partial charge on any atom is 0.241 e. The first kappa shape index (κ1) is 13.8. The standard InChI is InChI=1S/C14H22N4O/c1-9(2)18-11(4)12(10(3)17-18)8-16-14(19)13-6-5-7-15-13/h5-6,9,13,15H,7-8H2,1-4H3,(H,16,19). The third-order valence-corrected chi connectivity index (χ3v) is 3.47. The highest BCUT2D eigenvalue weighted by Crippen LogP contribution is 2.16. The maximum absolute atomic E-state index is 11.9. The van der Waals surface area contributed by atoms with Gasteiger partial charge in [0.2, 0.25) is 5.91 Å². The Kier molecular flexibility index (Phi) is 4.04. The molecule has 104 valence electrons. The van der Waals surface area contributed by atoms with Crippen molar-refractivity contribution in [2.24, 2.45) is 0 Å².